The molecular weight excluding hydrogens is 256 g/mol. The van der Waals surface area contributed by atoms with E-state index in [0.717, 1.165) is 17.0 Å². The number of aromatic nitrogens is 2. The second-order valence-corrected chi connectivity index (χ2v) is 5.17. The van der Waals surface area contributed by atoms with Crippen LogP contribution in [0, 0.1) is 11.6 Å². The largest absolute Gasteiger partial charge is 0.309 e. The topological polar surface area (TPSA) is 37.8 Å². The van der Waals surface area contributed by atoms with Crippen LogP contribution >= 0.6 is 11.5 Å². The van der Waals surface area contributed by atoms with Crippen molar-refractivity contribution in [3.63, 3.8) is 0 Å². The van der Waals surface area contributed by atoms with Crippen LogP contribution in [0.5, 0.6) is 0 Å². The molecule has 1 aliphatic carbocycles. The van der Waals surface area contributed by atoms with Crippen molar-refractivity contribution >= 4 is 11.5 Å². The fourth-order valence-corrected chi connectivity index (χ4v) is 2.33. The quantitative estimate of drug-likeness (QED) is 0.925. The molecule has 0 radical (unpaired) electrons. The summed E-state index contributed by atoms with van der Waals surface area (Å²) in [6.07, 6.45) is 2.40. The smallest absolute Gasteiger partial charge is 0.159 e. The van der Waals surface area contributed by atoms with Crippen molar-refractivity contribution in [2.45, 2.75) is 25.4 Å². The summed E-state index contributed by atoms with van der Waals surface area (Å²) in [5, 5.41) is 7.35. The maximum Gasteiger partial charge on any atom is 0.159 e. The van der Waals surface area contributed by atoms with E-state index in [9.17, 15) is 8.78 Å². The zero-order valence-electron chi connectivity index (χ0n) is 9.49. The lowest BCUT2D eigenvalue weighted by molar-refractivity contribution is 0.509. The van der Waals surface area contributed by atoms with Crippen molar-refractivity contribution in [1.29, 1.82) is 0 Å². The van der Waals surface area contributed by atoms with Crippen molar-refractivity contribution in [2.75, 3.05) is 0 Å². The Morgan fingerprint density at radius 1 is 1.28 bits per heavy atom. The van der Waals surface area contributed by atoms with Gasteiger partial charge >= 0.3 is 0 Å². The first-order valence-corrected chi connectivity index (χ1v) is 6.51. The van der Waals surface area contributed by atoms with E-state index in [-0.39, 0.29) is 0 Å². The van der Waals surface area contributed by atoms with Gasteiger partial charge in [-0.2, -0.15) is 0 Å². The van der Waals surface area contributed by atoms with Gasteiger partial charge in [-0.25, -0.2) is 8.78 Å². The highest BCUT2D eigenvalue weighted by Crippen LogP contribution is 2.26. The SMILES string of the molecule is Fc1ccc(-c2nnsc2CNC2CC2)cc1F. The summed E-state index contributed by atoms with van der Waals surface area (Å²) in [6.45, 7) is 0.677. The highest BCUT2D eigenvalue weighted by molar-refractivity contribution is 7.05. The first kappa shape index (κ1) is 11.7. The first-order valence-electron chi connectivity index (χ1n) is 5.74. The molecule has 1 saturated carbocycles. The van der Waals surface area contributed by atoms with Crippen LogP contribution in [-0.4, -0.2) is 15.6 Å². The zero-order valence-corrected chi connectivity index (χ0v) is 10.3. The van der Waals surface area contributed by atoms with Crippen LogP contribution in [0.15, 0.2) is 18.2 Å². The molecule has 0 amide bonds. The van der Waals surface area contributed by atoms with Gasteiger partial charge in [0.05, 0.1) is 4.88 Å². The van der Waals surface area contributed by atoms with Crippen LogP contribution in [-0.2, 0) is 6.54 Å². The van der Waals surface area contributed by atoms with E-state index in [0.29, 0.717) is 23.8 Å². The van der Waals surface area contributed by atoms with E-state index in [4.69, 9.17) is 0 Å². The lowest BCUT2D eigenvalue weighted by Gasteiger charge is -2.03. The van der Waals surface area contributed by atoms with Gasteiger partial charge in [-0.15, -0.1) is 5.10 Å². The molecular formula is C12H11F2N3S. The summed E-state index contributed by atoms with van der Waals surface area (Å²) in [5.41, 5.74) is 1.20. The molecule has 0 saturated heterocycles. The summed E-state index contributed by atoms with van der Waals surface area (Å²) < 4.78 is 30.0. The van der Waals surface area contributed by atoms with Crippen LogP contribution in [0.25, 0.3) is 11.3 Å². The Balaban J connectivity index is 1.85. The maximum absolute atomic E-state index is 13.2. The third kappa shape index (κ3) is 2.39. The Kier molecular flexibility index (Phi) is 3.05. The van der Waals surface area contributed by atoms with E-state index in [1.807, 2.05) is 0 Å². The molecule has 0 spiro atoms. The molecule has 6 heteroatoms. The summed E-state index contributed by atoms with van der Waals surface area (Å²) in [4.78, 5) is 0.952. The first-order chi connectivity index (χ1) is 8.74. The highest BCUT2D eigenvalue weighted by atomic mass is 32.1. The Morgan fingerprint density at radius 3 is 2.83 bits per heavy atom. The van der Waals surface area contributed by atoms with E-state index in [2.05, 4.69) is 14.9 Å². The van der Waals surface area contributed by atoms with Crippen molar-refractivity contribution in [3.05, 3.63) is 34.7 Å². The average molecular weight is 267 g/mol. The standard InChI is InChI=1S/C12H11F2N3S/c13-9-4-1-7(5-10(9)14)12-11(18-17-16-12)6-15-8-2-3-8/h1,4-5,8,15H,2-3,6H2. The lowest BCUT2D eigenvalue weighted by Crippen LogP contribution is -2.14. The molecule has 1 heterocycles. The van der Waals surface area contributed by atoms with Gasteiger partial charge in [0.1, 0.15) is 5.69 Å². The number of nitrogens with one attached hydrogen (secondary N) is 1. The van der Waals surface area contributed by atoms with Gasteiger partial charge < -0.3 is 5.32 Å². The number of halogens is 2. The number of benzene rings is 1. The number of hydrogen-bond acceptors (Lipinski definition) is 4. The second kappa shape index (κ2) is 4.70. The maximum atomic E-state index is 13.2. The Labute approximate surface area is 107 Å². The zero-order chi connectivity index (χ0) is 12.5. The van der Waals surface area contributed by atoms with E-state index in [1.54, 1.807) is 0 Å². The highest BCUT2D eigenvalue weighted by Gasteiger charge is 2.21. The number of hydrogen-bond donors (Lipinski definition) is 1. The summed E-state index contributed by atoms with van der Waals surface area (Å²) in [7, 11) is 0. The van der Waals surface area contributed by atoms with Crippen molar-refractivity contribution in [2.24, 2.45) is 0 Å². The molecule has 1 N–H and O–H groups in total. The molecule has 3 rings (SSSR count). The van der Waals surface area contributed by atoms with Gasteiger partial charge in [0, 0.05) is 18.2 Å². The fraction of sp³-hybridized carbons (Fsp3) is 0.333. The number of nitrogens with zero attached hydrogens (tertiary/aromatic N) is 2. The molecule has 94 valence electrons. The molecule has 1 fully saturated rings. The molecule has 0 unspecified atom stereocenters. The van der Waals surface area contributed by atoms with Crippen LogP contribution < -0.4 is 5.32 Å². The monoisotopic (exact) mass is 267 g/mol. The molecule has 18 heavy (non-hydrogen) atoms. The minimum absolute atomic E-state index is 0.565. The van der Waals surface area contributed by atoms with Crippen LogP contribution in [0.1, 0.15) is 17.7 Å². The van der Waals surface area contributed by atoms with Gasteiger partial charge in [0.15, 0.2) is 11.6 Å². The molecule has 1 aromatic heterocycles. The molecule has 0 bridgehead atoms. The van der Waals surface area contributed by atoms with Gasteiger partial charge in [0.25, 0.3) is 0 Å². The fourth-order valence-electron chi connectivity index (χ4n) is 1.71. The Bertz CT molecular complexity index is 566. The minimum atomic E-state index is -0.860. The molecule has 0 aliphatic heterocycles. The molecule has 2 aromatic rings. The third-order valence-corrected chi connectivity index (χ3v) is 3.60. The Hall–Kier alpha value is -1.40. The third-order valence-electron chi connectivity index (χ3n) is 2.88. The Morgan fingerprint density at radius 2 is 2.11 bits per heavy atom. The van der Waals surface area contributed by atoms with Crippen LogP contribution in [0.4, 0.5) is 8.78 Å². The van der Waals surface area contributed by atoms with Crippen molar-refractivity contribution in [1.82, 2.24) is 14.9 Å². The van der Waals surface area contributed by atoms with E-state index in [1.165, 1.54) is 30.4 Å². The van der Waals surface area contributed by atoms with Gasteiger partial charge in [-0.05, 0) is 42.6 Å². The lowest BCUT2D eigenvalue weighted by atomic mass is 10.1. The molecule has 3 nitrogen and oxygen atoms in total. The van der Waals surface area contributed by atoms with Gasteiger partial charge in [-0.3, -0.25) is 0 Å². The van der Waals surface area contributed by atoms with Crippen molar-refractivity contribution < 1.29 is 8.78 Å². The van der Waals surface area contributed by atoms with Crippen LogP contribution in [0.2, 0.25) is 0 Å². The molecule has 1 aromatic carbocycles. The predicted molar refractivity (Wildman–Crippen MR) is 65.1 cm³/mol. The normalized spacial score (nSPS) is 15.0. The van der Waals surface area contributed by atoms with Gasteiger partial charge in [0.2, 0.25) is 0 Å². The predicted octanol–water partition coefficient (Wildman–Crippen LogP) is 2.74. The summed E-state index contributed by atoms with van der Waals surface area (Å²) >= 11 is 1.28. The number of rotatable bonds is 4. The molecule has 0 atom stereocenters. The minimum Gasteiger partial charge on any atom is -0.309 e. The average Bonchev–Trinajstić information content (AvgIpc) is 3.08. The summed E-state index contributed by atoms with van der Waals surface area (Å²) in [5.74, 6) is -1.71. The molecule has 1 aliphatic rings. The van der Waals surface area contributed by atoms with Gasteiger partial charge in [-0.1, -0.05) is 4.49 Å². The van der Waals surface area contributed by atoms with Crippen LogP contribution in [0.3, 0.4) is 0 Å². The van der Waals surface area contributed by atoms with E-state index >= 15 is 0 Å². The van der Waals surface area contributed by atoms with Crippen molar-refractivity contribution in [3.8, 4) is 11.3 Å². The van der Waals surface area contributed by atoms with E-state index < -0.39 is 11.6 Å². The summed E-state index contributed by atoms with van der Waals surface area (Å²) in [6, 6.07) is 4.38. The second-order valence-electron chi connectivity index (χ2n) is 4.33.